The molecule has 2 aromatic heterocycles. The van der Waals surface area contributed by atoms with E-state index < -0.39 is 0 Å². The summed E-state index contributed by atoms with van der Waals surface area (Å²) < 4.78 is 0. The Balaban J connectivity index is 0.000000169. The van der Waals surface area contributed by atoms with Gasteiger partial charge in [0.05, 0.1) is 0 Å². The van der Waals surface area contributed by atoms with E-state index in [1.54, 1.807) is 30.5 Å². The zero-order valence-corrected chi connectivity index (χ0v) is 18.4. The smallest absolute Gasteiger partial charge is 0.171 e. The van der Waals surface area contributed by atoms with E-state index in [-0.39, 0.29) is 25.9 Å². The maximum absolute atomic E-state index is 11.6. The van der Waals surface area contributed by atoms with Crippen LogP contribution in [0.25, 0.3) is 22.0 Å². The maximum Gasteiger partial charge on any atom is 0.171 e. The average Bonchev–Trinajstić information content (AvgIpc) is 3.35. The summed E-state index contributed by atoms with van der Waals surface area (Å²) in [4.78, 5) is 20.0. The van der Waals surface area contributed by atoms with Gasteiger partial charge in [-0.05, 0) is 22.5 Å². The third kappa shape index (κ3) is 4.98. The topological polar surface area (TPSA) is 44.1 Å². The molecule has 0 atom stereocenters. The van der Waals surface area contributed by atoms with Crippen LogP contribution in [0.4, 0.5) is 0 Å². The third-order valence-electron chi connectivity index (χ3n) is 4.46. The molecule has 30 heavy (non-hydrogen) atoms. The Bertz CT molecular complexity index is 1200. The van der Waals surface area contributed by atoms with Gasteiger partial charge in [0.1, 0.15) is 0 Å². The molecule has 1 radical (unpaired) electrons. The van der Waals surface area contributed by atoms with E-state index in [1.807, 2.05) is 66.9 Å². The molecule has 5 rings (SSSR count). The minimum Gasteiger partial charge on any atom is -0.661 e. The molecule has 0 saturated carbocycles. The molecule has 0 saturated heterocycles. The molecule has 3 aromatic carbocycles. The number of hydrogen-bond acceptors (Lipinski definition) is 2. The summed E-state index contributed by atoms with van der Waals surface area (Å²) in [6, 6.07) is 34.1. The minimum atomic E-state index is -0.0226. The summed E-state index contributed by atoms with van der Waals surface area (Å²) in [6.45, 7) is 0. The standard InChI is InChI=1S/C15H10N.C11H9NO.Ir/c1-2-7-13(8-3-1)15-14-9-5-4-6-12(14)10-11-16-15;13-11(10-7-4-8-12-10)9-5-2-1-3-6-9;/h1-7,9-11H;1-8H,(H,12,13);/q-1;;/p-1. The number of hydrogen-bond donors (Lipinski definition) is 0. The number of carbonyl (C=O) groups excluding carboxylic acids is 1. The Hall–Kier alpha value is -3.33. The summed E-state index contributed by atoms with van der Waals surface area (Å²) in [5.41, 5.74) is 3.23. The van der Waals surface area contributed by atoms with Crippen molar-refractivity contribution in [2.45, 2.75) is 0 Å². The van der Waals surface area contributed by atoms with Gasteiger partial charge in [-0.15, -0.1) is 35.9 Å². The van der Waals surface area contributed by atoms with Crippen LogP contribution in [0.2, 0.25) is 0 Å². The number of ketones is 1. The molecular formula is C26H18IrN2O-2. The zero-order valence-electron chi connectivity index (χ0n) is 16.0. The third-order valence-corrected chi connectivity index (χ3v) is 4.46. The van der Waals surface area contributed by atoms with Gasteiger partial charge in [0.15, 0.2) is 5.78 Å². The molecule has 0 N–H and O–H groups in total. The van der Waals surface area contributed by atoms with Gasteiger partial charge in [-0.2, -0.15) is 6.20 Å². The van der Waals surface area contributed by atoms with E-state index in [0.717, 1.165) is 11.3 Å². The van der Waals surface area contributed by atoms with E-state index >= 15 is 0 Å². The number of fused-ring (bicyclic) bond motifs is 1. The van der Waals surface area contributed by atoms with E-state index in [9.17, 15) is 4.79 Å². The van der Waals surface area contributed by atoms with Crippen LogP contribution in [0.1, 0.15) is 16.1 Å². The first kappa shape index (κ1) is 21.4. The fourth-order valence-electron chi connectivity index (χ4n) is 3.05. The fraction of sp³-hybridized carbons (Fsp3) is 0. The molecule has 3 nitrogen and oxygen atoms in total. The van der Waals surface area contributed by atoms with Gasteiger partial charge >= 0.3 is 0 Å². The molecule has 2 heterocycles. The van der Waals surface area contributed by atoms with E-state index in [0.29, 0.717) is 11.3 Å². The van der Waals surface area contributed by atoms with Gasteiger partial charge in [-0.1, -0.05) is 72.4 Å². The molecule has 0 aliphatic heterocycles. The van der Waals surface area contributed by atoms with E-state index in [4.69, 9.17) is 0 Å². The van der Waals surface area contributed by atoms with E-state index in [2.05, 4.69) is 28.2 Å². The second-order valence-corrected chi connectivity index (χ2v) is 6.37. The maximum atomic E-state index is 11.6. The second kappa shape index (κ2) is 10.4. The van der Waals surface area contributed by atoms with Crippen LogP contribution in [0.15, 0.2) is 109 Å². The Labute approximate surface area is 189 Å². The first-order chi connectivity index (χ1) is 14.3. The van der Waals surface area contributed by atoms with Crippen LogP contribution >= 0.6 is 0 Å². The predicted octanol–water partition coefficient (Wildman–Crippen LogP) is 5.57. The van der Waals surface area contributed by atoms with Gasteiger partial charge in [0, 0.05) is 31.9 Å². The second-order valence-electron chi connectivity index (χ2n) is 6.37. The van der Waals surface area contributed by atoms with Crippen molar-refractivity contribution >= 4 is 16.6 Å². The van der Waals surface area contributed by atoms with Crippen LogP contribution in [0.3, 0.4) is 0 Å². The van der Waals surface area contributed by atoms with Crippen molar-refractivity contribution in [1.29, 1.82) is 0 Å². The SMILES string of the molecule is O=C(c1ccccc1)c1ccc[n-]1.[Ir].[c-]1ccccc1-c1nccc2ccccc12. The number of aromatic nitrogens is 2. The van der Waals surface area contributed by atoms with Crippen molar-refractivity contribution in [3.05, 3.63) is 127 Å². The number of carbonyl (C=O) groups is 1. The predicted molar refractivity (Wildman–Crippen MR) is 116 cm³/mol. The summed E-state index contributed by atoms with van der Waals surface area (Å²) in [6.07, 6.45) is 3.47. The van der Waals surface area contributed by atoms with Crippen LogP contribution in [-0.2, 0) is 20.1 Å². The largest absolute Gasteiger partial charge is 0.661 e. The summed E-state index contributed by atoms with van der Waals surface area (Å²) >= 11 is 0. The number of benzene rings is 3. The Kier molecular flexibility index (Phi) is 7.45. The monoisotopic (exact) mass is 567 g/mol. The molecule has 0 unspecified atom stereocenters. The van der Waals surface area contributed by atoms with Crippen LogP contribution < -0.4 is 4.98 Å². The Morgan fingerprint density at radius 2 is 1.57 bits per heavy atom. The molecule has 4 heteroatoms. The average molecular weight is 567 g/mol. The van der Waals surface area contributed by atoms with Crippen molar-refractivity contribution in [2.24, 2.45) is 0 Å². The normalized spacial score (nSPS) is 9.87. The first-order valence-electron chi connectivity index (χ1n) is 9.31. The van der Waals surface area contributed by atoms with Gasteiger partial charge < -0.3 is 9.97 Å². The van der Waals surface area contributed by atoms with Crippen molar-refractivity contribution in [3.8, 4) is 11.3 Å². The molecule has 0 bridgehead atoms. The number of pyridine rings is 1. The molecule has 0 amide bonds. The van der Waals surface area contributed by atoms with Crippen LogP contribution in [-0.4, -0.2) is 10.8 Å². The first-order valence-corrected chi connectivity index (χ1v) is 9.31. The summed E-state index contributed by atoms with van der Waals surface area (Å²) in [5.74, 6) is -0.0226. The molecule has 0 fully saturated rings. The zero-order chi connectivity index (χ0) is 19.9. The Morgan fingerprint density at radius 1 is 0.800 bits per heavy atom. The van der Waals surface area contributed by atoms with Crippen molar-refractivity contribution in [1.82, 2.24) is 9.97 Å². The molecular weight excluding hydrogens is 549 g/mol. The quantitative estimate of drug-likeness (QED) is 0.212. The molecule has 0 spiro atoms. The number of nitrogens with zero attached hydrogens (tertiary/aromatic N) is 2. The van der Waals surface area contributed by atoms with Crippen LogP contribution in [0.5, 0.6) is 0 Å². The Morgan fingerprint density at radius 3 is 2.30 bits per heavy atom. The van der Waals surface area contributed by atoms with Gasteiger partial charge in [-0.25, -0.2) is 0 Å². The van der Waals surface area contributed by atoms with E-state index in [1.165, 1.54) is 10.8 Å². The van der Waals surface area contributed by atoms with Crippen molar-refractivity contribution in [2.75, 3.05) is 0 Å². The van der Waals surface area contributed by atoms with Gasteiger partial charge in [0.25, 0.3) is 0 Å². The summed E-state index contributed by atoms with van der Waals surface area (Å²) in [7, 11) is 0. The summed E-state index contributed by atoms with van der Waals surface area (Å²) in [5, 5.41) is 2.39. The van der Waals surface area contributed by atoms with Crippen molar-refractivity contribution in [3.63, 3.8) is 0 Å². The molecule has 149 valence electrons. The van der Waals surface area contributed by atoms with Gasteiger partial charge in [-0.3, -0.25) is 4.79 Å². The van der Waals surface area contributed by atoms with Gasteiger partial charge in [0.2, 0.25) is 0 Å². The fourth-order valence-corrected chi connectivity index (χ4v) is 3.05. The number of rotatable bonds is 3. The van der Waals surface area contributed by atoms with Crippen molar-refractivity contribution < 1.29 is 24.9 Å². The minimum absolute atomic E-state index is 0. The molecule has 0 aliphatic rings. The molecule has 5 aromatic rings. The molecule has 0 aliphatic carbocycles. The van der Waals surface area contributed by atoms with Crippen LogP contribution in [0, 0.1) is 6.07 Å².